The molecule has 108 valence electrons. The van der Waals surface area contributed by atoms with Crippen molar-refractivity contribution in [1.29, 1.82) is 0 Å². The highest BCUT2D eigenvalue weighted by Crippen LogP contribution is 2.35. The summed E-state index contributed by atoms with van der Waals surface area (Å²) in [6.07, 6.45) is 1.44. The summed E-state index contributed by atoms with van der Waals surface area (Å²) in [5.74, 6) is 0.182. The lowest BCUT2D eigenvalue weighted by molar-refractivity contribution is -0.136. The molecule has 1 aromatic heterocycles. The van der Waals surface area contributed by atoms with Crippen LogP contribution in [0.25, 0.3) is 0 Å². The van der Waals surface area contributed by atoms with Crippen molar-refractivity contribution in [2.45, 2.75) is 13.0 Å². The van der Waals surface area contributed by atoms with Gasteiger partial charge in [0.2, 0.25) is 5.95 Å². The third kappa shape index (κ3) is 2.27. The molecule has 0 fully saturated rings. The van der Waals surface area contributed by atoms with Crippen molar-refractivity contribution in [1.82, 2.24) is 14.8 Å². The van der Waals surface area contributed by atoms with Gasteiger partial charge in [0.25, 0.3) is 0 Å². The molecule has 1 atom stereocenters. The number of anilines is 1. The molecule has 0 aliphatic carbocycles. The smallest absolute Gasteiger partial charge is 0.338 e. The Morgan fingerprint density at radius 3 is 2.76 bits per heavy atom. The van der Waals surface area contributed by atoms with Gasteiger partial charge in [0.1, 0.15) is 12.4 Å². The lowest BCUT2D eigenvalue weighted by atomic mass is 9.96. The summed E-state index contributed by atoms with van der Waals surface area (Å²) in [4.78, 5) is 16.3. The van der Waals surface area contributed by atoms with E-state index in [1.807, 2.05) is 19.1 Å². The molecule has 3 rings (SSSR count). The number of hydrogen-bond donors (Lipinski definition) is 1. The monoisotopic (exact) mass is 304 g/mol. The molecule has 0 radical (unpaired) electrons. The Morgan fingerprint density at radius 2 is 2.10 bits per heavy atom. The number of ether oxygens (including phenoxy) is 1. The molecule has 6 nitrogen and oxygen atoms in total. The van der Waals surface area contributed by atoms with Crippen LogP contribution in [0.4, 0.5) is 5.95 Å². The van der Waals surface area contributed by atoms with Crippen molar-refractivity contribution in [2.24, 2.45) is 0 Å². The van der Waals surface area contributed by atoms with Crippen LogP contribution in [0.15, 0.2) is 41.9 Å². The predicted octanol–water partition coefficient (Wildman–Crippen LogP) is 2.39. The summed E-state index contributed by atoms with van der Waals surface area (Å²) in [7, 11) is 1.36. The van der Waals surface area contributed by atoms with Gasteiger partial charge in [-0.3, -0.25) is 0 Å². The number of rotatable bonds is 2. The highest BCUT2D eigenvalue weighted by atomic mass is 35.5. The molecule has 0 amide bonds. The Hall–Kier alpha value is -2.34. The number of allylic oxidation sites excluding steroid dienone is 1. The average molecular weight is 305 g/mol. The van der Waals surface area contributed by atoms with Crippen LogP contribution >= 0.6 is 11.6 Å². The Balaban J connectivity index is 2.17. The third-order valence-corrected chi connectivity index (χ3v) is 3.64. The maximum absolute atomic E-state index is 12.2. The minimum atomic E-state index is -0.402. The summed E-state index contributed by atoms with van der Waals surface area (Å²) in [6.45, 7) is 1.81. The number of esters is 1. The van der Waals surface area contributed by atoms with E-state index in [1.165, 1.54) is 13.4 Å². The molecule has 2 aromatic rings. The van der Waals surface area contributed by atoms with Gasteiger partial charge in [0.15, 0.2) is 0 Å². The largest absolute Gasteiger partial charge is 0.466 e. The molecule has 0 unspecified atom stereocenters. The number of benzene rings is 1. The highest BCUT2D eigenvalue weighted by molar-refractivity contribution is 6.30. The van der Waals surface area contributed by atoms with E-state index in [9.17, 15) is 4.79 Å². The highest BCUT2D eigenvalue weighted by Gasteiger charge is 2.33. The Bertz CT molecular complexity index is 721. The molecule has 1 aliphatic heterocycles. The molecule has 2 heterocycles. The molecule has 0 saturated carbocycles. The normalized spacial score (nSPS) is 17.2. The number of nitrogens with one attached hydrogen (secondary N) is 1. The first kappa shape index (κ1) is 13.6. The quantitative estimate of drug-likeness (QED) is 0.863. The lowest BCUT2D eigenvalue weighted by Crippen LogP contribution is -2.29. The number of nitrogens with zero attached hydrogens (tertiary/aromatic N) is 3. The summed E-state index contributed by atoms with van der Waals surface area (Å²) < 4.78 is 6.56. The molecule has 0 saturated heterocycles. The Labute approximate surface area is 126 Å². The number of fused-ring (bicyclic) bond motifs is 1. The van der Waals surface area contributed by atoms with Gasteiger partial charge in [0.05, 0.1) is 12.7 Å². The number of carbonyl (C=O) groups is 1. The molecule has 1 aliphatic rings. The molecule has 0 spiro atoms. The minimum Gasteiger partial charge on any atom is -0.466 e. The van der Waals surface area contributed by atoms with E-state index in [-0.39, 0.29) is 0 Å². The topological polar surface area (TPSA) is 69.0 Å². The molecule has 0 bridgehead atoms. The van der Waals surface area contributed by atoms with Crippen LogP contribution in [0, 0.1) is 0 Å². The molecule has 1 aromatic carbocycles. The molecule has 1 N–H and O–H groups in total. The van der Waals surface area contributed by atoms with Crippen molar-refractivity contribution >= 4 is 23.5 Å². The van der Waals surface area contributed by atoms with Gasteiger partial charge in [-0.1, -0.05) is 23.7 Å². The van der Waals surface area contributed by atoms with Gasteiger partial charge in [-0.2, -0.15) is 10.1 Å². The number of methoxy groups -OCH3 is 1. The standard InChI is InChI=1S/C14H13ClN4O2/c1-8-11(13(20)21-2)12(9-3-5-10(15)6-4-9)19-14(18-8)16-7-17-19/h3-7,12H,1-2H3,(H,16,17,18)/t12-/m1/s1. The first-order valence-corrected chi connectivity index (χ1v) is 6.70. The van der Waals surface area contributed by atoms with Gasteiger partial charge < -0.3 is 10.1 Å². The van der Waals surface area contributed by atoms with E-state index in [1.54, 1.807) is 16.8 Å². The molecule has 7 heteroatoms. The number of carbonyl (C=O) groups excluding carboxylic acids is 1. The lowest BCUT2D eigenvalue weighted by Gasteiger charge is -2.27. The fourth-order valence-corrected chi connectivity index (χ4v) is 2.54. The maximum Gasteiger partial charge on any atom is 0.338 e. The van der Waals surface area contributed by atoms with Crippen LogP contribution < -0.4 is 5.32 Å². The average Bonchev–Trinajstić information content (AvgIpc) is 2.94. The van der Waals surface area contributed by atoms with E-state index < -0.39 is 12.0 Å². The molecular formula is C14H13ClN4O2. The second kappa shape index (κ2) is 5.21. The van der Waals surface area contributed by atoms with E-state index >= 15 is 0 Å². The van der Waals surface area contributed by atoms with Gasteiger partial charge in [-0.05, 0) is 24.6 Å². The van der Waals surface area contributed by atoms with Crippen LogP contribution in [0.3, 0.4) is 0 Å². The van der Waals surface area contributed by atoms with E-state index in [4.69, 9.17) is 16.3 Å². The SMILES string of the molecule is COC(=O)C1=C(C)Nc2ncnn2[C@@H]1c1ccc(Cl)cc1. The van der Waals surface area contributed by atoms with Crippen molar-refractivity contribution in [3.05, 3.63) is 52.4 Å². The molecular weight excluding hydrogens is 292 g/mol. The van der Waals surface area contributed by atoms with Crippen LogP contribution in [-0.2, 0) is 9.53 Å². The van der Waals surface area contributed by atoms with Crippen LogP contribution in [0.5, 0.6) is 0 Å². The summed E-state index contributed by atoms with van der Waals surface area (Å²) in [6, 6.07) is 6.88. The minimum absolute atomic E-state index is 0.395. The fourth-order valence-electron chi connectivity index (χ4n) is 2.42. The molecule has 21 heavy (non-hydrogen) atoms. The Kier molecular flexibility index (Phi) is 3.39. The zero-order valence-corrected chi connectivity index (χ0v) is 12.3. The third-order valence-electron chi connectivity index (χ3n) is 3.39. The zero-order chi connectivity index (χ0) is 15.0. The van der Waals surface area contributed by atoms with Crippen molar-refractivity contribution in [2.75, 3.05) is 12.4 Å². The second-order valence-electron chi connectivity index (χ2n) is 4.64. The van der Waals surface area contributed by atoms with Crippen LogP contribution in [-0.4, -0.2) is 27.8 Å². The predicted molar refractivity (Wildman–Crippen MR) is 78.0 cm³/mol. The van der Waals surface area contributed by atoms with E-state index in [0.717, 1.165) is 5.56 Å². The summed E-state index contributed by atoms with van der Waals surface area (Å²) in [5.41, 5.74) is 2.08. The van der Waals surface area contributed by atoms with Crippen LogP contribution in [0.1, 0.15) is 18.5 Å². The first-order valence-electron chi connectivity index (χ1n) is 6.33. The number of halogens is 1. The van der Waals surface area contributed by atoms with Crippen LogP contribution in [0.2, 0.25) is 5.02 Å². The van der Waals surface area contributed by atoms with E-state index in [0.29, 0.717) is 22.2 Å². The summed E-state index contributed by atoms with van der Waals surface area (Å²) >= 11 is 5.93. The van der Waals surface area contributed by atoms with Crippen molar-refractivity contribution in [3.63, 3.8) is 0 Å². The van der Waals surface area contributed by atoms with Gasteiger partial charge in [0, 0.05) is 10.7 Å². The Morgan fingerprint density at radius 1 is 1.38 bits per heavy atom. The summed E-state index contributed by atoms with van der Waals surface area (Å²) in [5, 5.41) is 7.90. The second-order valence-corrected chi connectivity index (χ2v) is 5.07. The van der Waals surface area contributed by atoms with Crippen molar-refractivity contribution in [3.8, 4) is 0 Å². The van der Waals surface area contributed by atoms with Gasteiger partial charge in [-0.25, -0.2) is 9.48 Å². The number of aromatic nitrogens is 3. The maximum atomic E-state index is 12.2. The fraction of sp³-hybridized carbons (Fsp3) is 0.214. The zero-order valence-electron chi connectivity index (χ0n) is 11.5. The van der Waals surface area contributed by atoms with Gasteiger partial charge in [-0.15, -0.1) is 0 Å². The van der Waals surface area contributed by atoms with Gasteiger partial charge >= 0.3 is 5.97 Å². The first-order chi connectivity index (χ1) is 10.1. The number of hydrogen-bond acceptors (Lipinski definition) is 5. The van der Waals surface area contributed by atoms with Crippen molar-refractivity contribution < 1.29 is 9.53 Å². The van der Waals surface area contributed by atoms with E-state index in [2.05, 4.69) is 15.4 Å².